The molecule has 0 unspecified atom stereocenters. The monoisotopic (exact) mass is 376 g/mol. The number of benzene rings is 2. The second-order valence-corrected chi connectivity index (χ2v) is 5.64. The smallest absolute Gasteiger partial charge is 0.266 e. The van der Waals surface area contributed by atoms with Gasteiger partial charge in [-0.3, -0.25) is 4.79 Å². The minimum Gasteiger partial charge on any atom is -0.507 e. The summed E-state index contributed by atoms with van der Waals surface area (Å²) >= 11 is 9.02. The van der Waals surface area contributed by atoms with Gasteiger partial charge in [0, 0.05) is 10.7 Å². The van der Waals surface area contributed by atoms with Crippen molar-refractivity contribution in [3.8, 4) is 11.8 Å². The van der Waals surface area contributed by atoms with Crippen molar-refractivity contribution < 1.29 is 9.90 Å². The van der Waals surface area contributed by atoms with Gasteiger partial charge in [0.05, 0.1) is 4.47 Å². The second-order valence-electron chi connectivity index (χ2n) is 4.35. The molecule has 0 aromatic heterocycles. The molecule has 0 aliphatic heterocycles. The first-order valence-corrected chi connectivity index (χ1v) is 7.34. The van der Waals surface area contributed by atoms with Gasteiger partial charge < -0.3 is 10.4 Å². The van der Waals surface area contributed by atoms with Gasteiger partial charge in [-0.15, -0.1) is 0 Å². The van der Waals surface area contributed by atoms with Gasteiger partial charge in [0.2, 0.25) is 0 Å². The number of hydrogen-bond donors (Lipinski definition) is 2. The minimum absolute atomic E-state index is 0.0578. The van der Waals surface area contributed by atoms with Crippen LogP contribution in [-0.4, -0.2) is 11.0 Å². The van der Waals surface area contributed by atoms with Crippen LogP contribution in [0, 0.1) is 11.3 Å². The lowest BCUT2D eigenvalue weighted by Gasteiger charge is -2.05. The summed E-state index contributed by atoms with van der Waals surface area (Å²) in [6.45, 7) is 0. The standard InChI is InChI=1S/C16H10BrClN2O2/c17-14-7-10(4-5-15(14)21)6-11(9-19)16(22)20-13-3-1-2-12(18)8-13/h1-8,21H,(H,20,22)/b11-6+. The lowest BCUT2D eigenvalue weighted by Crippen LogP contribution is -2.13. The minimum atomic E-state index is -0.533. The van der Waals surface area contributed by atoms with Crippen LogP contribution >= 0.6 is 27.5 Å². The highest BCUT2D eigenvalue weighted by Crippen LogP contribution is 2.25. The average Bonchev–Trinajstić information content (AvgIpc) is 2.48. The van der Waals surface area contributed by atoms with Crippen molar-refractivity contribution in [3.63, 3.8) is 0 Å². The Labute approximate surface area is 140 Å². The molecular formula is C16H10BrClN2O2. The molecule has 6 heteroatoms. The van der Waals surface area contributed by atoms with Crippen molar-refractivity contribution in [1.82, 2.24) is 0 Å². The maximum Gasteiger partial charge on any atom is 0.266 e. The molecule has 0 radical (unpaired) electrons. The van der Waals surface area contributed by atoms with Crippen LogP contribution in [-0.2, 0) is 4.79 Å². The number of nitrogens with one attached hydrogen (secondary N) is 1. The normalized spacial score (nSPS) is 10.9. The van der Waals surface area contributed by atoms with Crippen molar-refractivity contribution in [3.05, 3.63) is 63.1 Å². The summed E-state index contributed by atoms with van der Waals surface area (Å²) in [5.74, 6) is -0.451. The predicted molar refractivity (Wildman–Crippen MR) is 89.5 cm³/mol. The van der Waals surface area contributed by atoms with E-state index in [0.29, 0.717) is 20.7 Å². The molecule has 0 aliphatic rings. The van der Waals surface area contributed by atoms with Crippen molar-refractivity contribution in [1.29, 1.82) is 5.26 Å². The fourth-order valence-electron chi connectivity index (χ4n) is 1.69. The topological polar surface area (TPSA) is 73.1 Å². The average molecular weight is 378 g/mol. The molecule has 110 valence electrons. The summed E-state index contributed by atoms with van der Waals surface area (Å²) in [6, 6.07) is 13.2. The lowest BCUT2D eigenvalue weighted by atomic mass is 10.1. The number of carbonyl (C=O) groups is 1. The molecule has 0 spiro atoms. The molecule has 0 saturated carbocycles. The Hall–Kier alpha value is -2.29. The number of phenolic OH excluding ortho intramolecular Hbond substituents is 1. The van der Waals surface area contributed by atoms with Crippen molar-refractivity contribution in [2.75, 3.05) is 5.32 Å². The summed E-state index contributed by atoms with van der Waals surface area (Å²) in [4.78, 5) is 12.1. The Morgan fingerprint density at radius 2 is 2.09 bits per heavy atom. The molecule has 0 atom stereocenters. The van der Waals surface area contributed by atoms with E-state index in [0.717, 1.165) is 0 Å². The highest BCUT2D eigenvalue weighted by molar-refractivity contribution is 9.10. The molecule has 1 amide bonds. The van der Waals surface area contributed by atoms with Gasteiger partial charge >= 0.3 is 0 Å². The van der Waals surface area contributed by atoms with Crippen LogP contribution in [0.2, 0.25) is 5.02 Å². The molecule has 0 heterocycles. The number of carbonyl (C=O) groups excluding carboxylic acids is 1. The second kappa shape index (κ2) is 7.12. The Morgan fingerprint density at radius 1 is 1.32 bits per heavy atom. The molecule has 2 aromatic rings. The van der Waals surface area contributed by atoms with Gasteiger partial charge in [0.25, 0.3) is 5.91 Å². The Kier molecular flexibility index (Phi) is 5.21. The summed E-state index contributed by atoms with van der Waals surface area (Å²) < 4.78 is 0.480. The number of halogens is 2. The first-order valence-electron chi connectivity index (χ1n) is 6.17. The van der Waals surface area contributed by atoms with Crippen molar-refractivity contribution >= 4 is 45.2 Å². The van der Waals surface area contributed by atoms with Crippen LogP contribution in [0.4, 0.5) is 5.69 Å². The Bertz CT molecular complexity index is 797. The van der Waals surface area contributed by atoms with Crippen LogP contribution in [0.5, 0.6) is 5.75 Å². The third-order valence-corrected chi connectivity index (χ3v) is 3.60. The number of aromatic hydroxyl groups is 1. The van der Waals surface area contributed by atoms with E-state index < -0.39 is 5.91 Å². The van der Waals surface area contributed by atoms with Crippen molar-refractivity contribution in [2.24, 2.45) is 0 Å². The first kappa shape index (κ1) is 16.1. The molecular weight excluding hydrogens is 368 g/mol. The molecule has 2 N–H and O–H groups in total. The molecule has 2 rings (SSSR count). The number of amides is 1. The summed E-state index contributed by atoms with van der Waals surface area (Å²) in [7, 11) is 0. The molecule has 0 bridgehead atoms. The molecule has 22 heavy (non-hydrogen) atoms. The molecule has 4 nitrogen and oxygen atoms in total. The summed E-state index contributed by atoms with van der Waals surface area (Å²) in [5, 5.41) is 21.7. The quantitative estimate of drug-likeness (QED) is 0.617. The van der Waals surface area contributed by atoms with E-state index in [-0.39, 0.29) is 11.3 Å². The van der Waals surface area contributed by atoms with E-state index in [1.54, 1.807) is 36.4 Å². The van der Waals surface area contributed by atoms with Crippen molar-refractivity contribution in [2.45, 2.75) is 0 Å². The summed E-state index contributed by atoms with van der Waals surface area (Å²) in [6.07, 6.45) is 1.43. The fourth-order valence-corrected chi connectivity index (χ4v) is 2.28. The van der Waals surface area contributed by atoms with Crippen LogP contribution in [0.25, 0.3) is 6.08 Å². The van der Waals surface area contributed by atoms with E-state index in [4.69, 9.17) is 16.9 Å². The van der Waals surface area contributed by atoms with E-state index >= 15 is 0 Å². The van der Waals surface area contributed by atoms with Gasteiger partial charge in [-0.25, -0.2) is 0 Å². The fraction of sp³-hybridized carbons (Fsp3) is 0. The maximum atomic E-state index is 12.1. The molecule has 0 fully saturated rings. The summed E-state index contributed by atoms with van der Waals surface area (Å²) in [5.41, 5.74) is 1.06. The Balaban J connectivity index is 2.23. The largest absolute Gasteiger partial charge is 0.507 e. The van der Waals surface area contributed by atoms with Gasteiger partial charge in [-0.1, -0.05) is 23.7 Å². The maximum absolute atomic E-state index is 12.1. The number of anilines is 1. The van der Waals surface area contributed by atoms with Gasteiger partial charge in [-0.2, -0.15) is 5.26 Å². The lowest BCUT2D eigenvalue weighted by molar-refractivity contribution is -0.112. The third-order valence-electron chi connectivity index (χ3n) is 2.73. The first-order chi connectivity index (χ1) is 10.5. The number of rotatable bonds is 3. The number of hydrogen-bond acceptors (Lipinski definition) is 3. The van der Waals surface area contributed by atoms with Crippen LogP contribution < -0.4 is 5.32 Å². The zero-order valence-electron chi connectivity index (χ0n) is 11.2. The SMILES string of the molecule is N#C/C(=C\c1ccc(O)c(Br)c1)C(=O)Nc1cccc(Cl)c1. The zero-order valence-corrected chi connectivity index (χ0v) is 13.5. The van der Waals surface area contributed by atoms with E-state index in [1.165, 1.54) is 12.1 Å². The van der Waals surface area contributed by atoms with E-state index in [2.05, 4.69) is 21.2 Å². The molecule has 0 saturated heterocycles. The number of nitrogens with zero attached hydrogens (tertiary/aromatic N) is 1. The van der Waals surface area contributed by atoms with E-state index in [9.17, 15) is 9.90 Å². The molecule has 2 aromatic carbocycles. The Morgan fingerprint density at radius 3 is 2.73 bits per heavy atom. The van der Waals surface area contributed by atoms with Gasteiger partial charge in [0.1, 0.15) is 17.4 Å². The zero-order chi connectivity index (χ0) is 16.1. The highest BCUT2D eigenvalue weighted by Gasteiger charge is 2.10. The highest BCUT2D eigenvalue weighted by atomic mass is 79.9. The molecule has 0 aliphatic carbocycles. The van der Waals surface area contributed by atoms with Crippen LogP contribution in [0.1, 0.15) is 5.56 Å². The number of nitriles is 1. The number of phenols is 1. The third kappa shape index (κ3) is 4.10. The van der Waals surface area contributed by atoms with Crippen LogP contribution in [0.3, 0.4) is 0 Å². The van der Waals surface area contributed by atoms with Crippen LogP contribution in [0.15, 0.2) is 52.5 Å². The van der Waals surface area contributed by atoms with E-state index in [1.807, 2.05) is 6.07 Å². The predicted octanol–water partition coefficient (Wildman–Crippen LogP) is 4.35. The van der Waals surface area contributed by atoms with Gasteiger partial charge in [-0.05, 0) is 57.9 Å². The van der Waals surface area contributed by atoms with Gasteiger partial charge in [0.15, 0.2) is 0 Å².